The summed E-state index contributed by atoms with van der Waals surface area (Å²) in [5, 5.41) is 0. The minimum atomic E-state index is 0.354. The fourth-order valence-electron chi connectivity index (χ4n) is 2.36. The van der Waals surface area contributed by atoms with E-state index >= 15 is 0 Å². The predicted octanol–water partition coefficient (Wildman–Crippen LogP) is 3.89. The van der Waals surface area contributed by atoms with Gasteiger partial charge >= 0.3 is 0 Å². The van der Waals surface area contributed by atoms with Crippen LogP contribution in [0.15, 0.2) is 0 Å². The SMILES string of the molecule is C#CCOCOC1CCCCCCCCCC1. The molecule has 1 fully saturated rings. The fourth-order valence-corrected chi connectivity index (χ4v) is 2.36. The zero-order chi connectivity index (χ0) is 12.2. The lowest BCUT2D eigenvalue weighted by molar-refractivity contribution is -0.0861. The Labute approximate surface area is 106 Å². The monoisotopic (exact) mass is 238 g/mol. The molecule has 0 aliphatic heterocycles. The third-order valence-electron chi connectivity index (χ3n) is 3.37. The Kier molecular flexibility index (Phi) is 9.09. The van der Waals surface area contributed by atoms with Gasteiger partial charge in [0.25, 0.3) is 0 Å². The highest BCUT2D eigenvalue weighted by molar-refractivity contribution is 4.82. The van der Waals surface area contributed by atoms with Crippen molar-refractivity contribution >= 4 is 0 Å². The van der Waals surface area contributed by atoms with E-state index in [1.807, 2.05) is 0 Å². The summed E-state index contributed by atoms with van der Waals surface area (Å²) in [5.74, 6) is 2.45. The van der Waals surface area contributed by atoms with Crippen molar-refractivity contribution in [1.82, 2.24) is 0 Å². The maximum Gasteiger partial charge on any atom is 0.148 e. The number of hydrogen-bond acceptors (Lipinski definition) is 2. The van der Waals surface area contributed by atoms with Gasteiger partial charge in [-0.3, -0.25) is 0 Å². The Bertz CT molecular complexity index is 195. The third-order valence-corrected chi connectivity index (χ3v) is 3.37. The second-order valence-electron chi connectivity index (χ2n) is 4.86. The van der Waals surface area contributed by atoms with Crippen molar-refractivity contribution in [2.24, 2.45) is 0 Å². The molecule has 0 radical (unpaired) electrons. The summed E-state index contributed by atoms with van der Waals surface area (Å²) in [7, 11) is 0. The number of terminal acetylenes is 1. The molecule has 0 spiro atoms. The molecule has 98 valence electrons. The Balaban J connectivity index is 2.16. The molecular weight excluding hydrogens is 212 g/mol. The maximum absolute atomic E-state index is 5.74. The molecule has 1 rings (SSSR count). The highest BCUT2D eigenvalue weighted by atomic mass is 16.7. The van der Waals surface area contributed by atoms with E-state index in [0.29, 0.717) is 19.5 Å². The largest absolute Gasteiger partial charge is 0.352 e. The molecule has 0 saturated heterocycles. The van der Waals surface area contributed by atoms with Crippen molar-refractivity contribution < 1.29 is 9.47 Å². The molecule has 0 aromatic rings. The number of rotatable bonds is 4. The van der Waals surface area contributed by atoms with E-state index in [4.69, 9.17) is 15.9 Å². The molecule has 0 amide bonds. The summed E-state index contributed by atoms with van der Waals surface area (Å²) in [6, 6.07) is 0. The van der Waals surface area contributed by atoms with E-state index in [-0.39, 0.29) is 0 Å². The van der Waals surface area contributed by atoms with Gasteiger partial charge < -0.3 is 9.47 Å². The Morgan fingerprint density at radius 1 is 0.882 bits per heavy atom. The lowest BCUT2D eigenvalue weighted by atomic mass is 10.1. The topological polar surface area (TPSA) is 18.5 Å². The van der Waals surface area contributed by atoms with Gasteiger partial charge in [-0.2, -0.15) is 0 Å². The quantitative estimate of drug-likeness (QED) is 0.420. The minimum absolute atomic E-state index is 0.354. The van der Waals surface area contributed by atoms with Gasteiger partial charge in [-0.25, -0.2) is 0 Å². The van der Waals surface area contributed by atoms with Gasteiger partial charge in [0.05, 0.1) is 6.10 Å². The van der Waals surface area contributed by atoms with Crippen LogP contribution in [0.2, 0.25) is 0 Å². The molecule has 0 unspecified atom stereocenters. The van der Waals surface area contributed by atoms with Gasteiger partial charge in [0.1, 0.15) is 13.4 Å². The molecular formula is C15H26O2. The van der Waals surface area contributed by atoms with Crippen LogP contribution in [0.5, 0.6) is 0 Å². The molecule has 0 aromatic heterocycles. The summed E-state index contributed by atoms with van der Waals surface area (Å²) < 4.78 is 10.9. The number of hydrogen-bond donors (Lipinski definition) is 0. The van der Waals surface area contributed by atoms with Crippen LogP contribution in [0.4, 0.5) is 0 Å². The van der Waals surface area contributed by atoms with Gasteiger partial charge in [0.2, 0.25) is 0 Å². The average Bonchev–Trinajstić information content (AvgIpc) is 2.40. The molecule has 0 aromatic carbocycles. The van der Waals surface area contributed by atoms with Crippen LogP contribution in [0.1, 0.15) is 64.2 Å². The Morgan fingerprint density at radius 3 is 1.94 bits per heavy atom. The van der Waals surface area contributed by atoms with E-state index in [9.17, 15) is 0 Å². The fraction of sp³-hybridized carbons (Fsp3) is 0.867. The van der Waals surface area contributed by atoms with Crippen LogP contribution < -0.4 is 0 Å². The molecule has 0 atom stereocenters. The van der Waals surface area contributed by atoms with Crippen LogP contribution >= 0.6 is 0 Å². The summed E-state index contributed by atoms with van der Waals surface area (Å²) in [6.45, 7) is 0.710. The van der Waals surface area contributed by atoms with Crippen LogP contribution in [0.25, 0.3) is 0 Å². The average molecular weight is 238 g/mol. The summed E-state index contributed by atoms with van der Waals surface area (Å²) in [6.07, 6.45) is 18.8. The second kappa shape index (κ2) is 10.6. The van der Waals surface area contributed by atoms with Gasteiger partial charge in [-0.15, -0.1) is 6.42 Å². The van der Waals surface area contributed by atoms with Crippen molar-refractivity contribution in [1.29, 1.82) is 0 Å². The molecule has 0 N–H and O–H groups in total. The molecule has 1 saturated carbocycles. The highest BCUT2D eigenvalue weighted by Crippen LogP contribution is 2.18. The lowest BCUT2D eigenvalue weighted by Crippen LogP contribution is -2.15. The van der Waals surface area contributed by atoms with Gasteiger partial charge in [-0.05, 0) is 12.8 Å². The third kappa shape index (κ3) is 8.24. The summed E-state index contributed by atoms with van der Waals surface area (Å²) in [4.78, 5) is 0. The van der Waals surface area contributed by atoms with Crippen molar-refractivity contribution in [3.05, 3.63) is 0 Å². The number of ether oxygens (including phenoxy) is 2. The smallest absolute Gasteiger partial charge is 0.148 e. The first-order valence-electron chi connectivity index (χ1n) is 7.06. The van der Waals surface area contributed by atoms with E-state index < -0.39 is 0 Å². The normalized spacial score (nSPS) is 20.4. The highest BCUT2D eigenvalue weighted by Gasteiger charge is 2.09. The molecule has 0 bridgehead atoms. The molecule has 2 heteroatoms. The van der Waals surface area contributed by atoms with Gasteiger partial charge in [0.15, 0.2) is 0 Å². The molecule has 0 heterocycles. The Morgan fingerprint density at radius 2 is 1.41 bits per heavy atom. The van der Waals surface area contributed by atoms with Crippen molar-refractivity contribution in [2.75, 3.05) is 13.4 Å². The standard InChI is InChI=1S/C15H26O2/c1-2-13-16-14-17-15-11-9-7-5-3-4-6-8-10-12-15/h1,15H,3-14H2. The Hall–Kier alpha value is -0.520. The molecule has 17 heavy (non-hydrogen) atoms. The predicted molar refractivity (Wildman–Crippen MR) is 70.7 cm³/mol. The first-order chi connectivity index (χ1) is 8.43. The van der Waals surface area contributed by atoms with Gasteiger partial charge in [-0.1, -0.05) is 57.3 Å². The first-order valence-corrected chi connectivity index (χ1v) is 7.06. The summed E-state index contributed by atoms with van der Waals surface area (Å²) in [5.41, 5.74) is 0. The van der Waals surface area contributed by atoms with E-state index in [1.165, 1.54) is 64.2 Å². The minimum Gasteiger partial charge on any atom is -0.352 e. The second-order valence-corrected chi connectivity index (χ2v) is 4.86. The van der Waals surface area contributed by atoms with Crippen molar-refractivity contribution in [3.63, 3.8) is 0 Å². The zero-order valence-corrected chi connectivity index (χ0v) is 11.0. The van der Waals surface area contributed by atoms with Crippen molar-refractivity contribution in [2.45, 2.75) is 70.3 Å². The molecule has 1 aliphatic rings. The first kappa shape index (κ1) is 14.5. The zero-order valence-electron chi connectivity index (χ0n) is 11.0. The van der Waals surface area contributed by atoms with Crippen LogP contribution in [0, 0.1) is 12.3 Å². The van der Waals surface area contributed by atoms with Crippen LogP contribution in [-0.4, -0.2) is 19.5 Å². The maximum atomic E-state index is 5.74. The molecule has 2 nitrogen and oxygen atoms in total. The molecule has 1 aliphatic carbocycles. The van der Waals surface area contributed by atoms with Gasteiger partial charge in [0, 0.05) is 0 Å². The van der Waals surface area contributed by atoms with E-state index in [0.717, 1.165) is 0 Å². The van der Waals surface area contributed by atoms with E-state index in [1.54, 1.807) is 0 Å². The summed E-state index contributed by atoms with van der Waals surface area (Å²) >= 11 is 0. The van der Waals surface area contributed by atoms with Crippen LogP contribution in [0.3, 0.4) is 0 Å². The van der Waals surface area contributed by atoms with E-state index in [2.05, 4.69) is 5.92 Å². The van der Waals surface area contributed by atoms with Crippen molar-refractivity contribution in [3.8, 4) is 12.3 Å². The lowest BCUT2D eigenvalue weighted by Gasteiger charge is -2.17. The van der Waals surface area contributed by atoms with Crippen LogP contribution in [-0.2, 0) is 9.47 Å².